The molecule has 2 aromatic rings. The number of benzene rings is 1. The van der Waals surface area contributed by atoms with Gasteiger partial charge in [-0.3, -0.25) is 13.9 Å². The summed E-state index contributed by atoms with van der Waals surface area (Å²) in [5.74, 6) is -0.575. The quantitative estimate of drug-likeness (QED) is 0.932. The summed E-state index contributed by atoms with van der Waals surface area (Å²) in [6, 6.07) is 4.17. The molecule has 7 heteroatoms. The minimum absolute atomic E-state index is 0.0705. The molecule has 0 fully saturated rings. The van der Waals surface area contributed by atoms with Crippen LogP contribution in [0, 0.1) is 5.82 Å². The lowest BCUT2D eigenvalue weighted by Gasteiger charge is -2.11. The van der Waals surface area contributed by atoms with Crippen LogP contribution < -0.4 is 17.0 Å². The van der Waals surface area contributed by atoms with E-state index in [1.807, 2.05) is 0 Å². The van der Waals surface area contributed by atoms with Gasteiger partial charge in [-0.1, -0.05) is 17.7 Å². The third kappa shape index (κ3) is 2.46. The van der Waals surface area contributed by atoms with Gasteiger partial charge in [-0.25, -0.2) is 9.18 Å². The fourth-order valence-corrected chi connectivity index (χ4v) is 2.11. The number of nitrogen functional groups attached to an aromatic ring is 1. The average molecular weight is 298 g/mol. The molecule has 0 aliphatic heterocycles. The zero-order valence-corrected chi connectivity index (χ0v) is 11.5. The van der Waals surface area contributed by atoms with Gasteiger partial charge < -0.3 is 5.73 Å². The van der Waals surface area contributed by atoms with Crippen LogP contribution in [0.3, 0.4) is 0 Å². The smallest absolute Gasteiger partial charge is 0.331 e. The molecule has 0 spiro atoms. The van der Waals surface area contributed by atoms with Gasteiger partial charge in [0.05, 0.1) is 6.54 Å². The summed E-state index contributed by atoms with van der Waals surface area (Å²) in [7, 11) is 0. The summed E-state index contributed by atoms with van der Waals surface area (Å²) in [4.78, 5) is 24.0. The fraction of sp³-hybridized carbons (Fsp3) is 0.231. The van der Waals surface area contributed by atoms with E-state index in [0.717, 1.165) is 4.57 Å². The highest BCUT2D eigenvalue weighted by molar-refractivity contribution is 6.31. The van der Waals surface area contributed by atoms with Crippen LogP contribution in [0.1, 0.15) is 12.5 Å². The van der Waals surface area contributed by atoms with Crippen LogP contribution >= 0.6 is 11.6 Å². The normalized spacial score (nSPS) is 10.8. The number of hydrogen-bond acceptors (Lipinski definition) is 3. The first-order chi connectivity index (χ1) is 9.45. The van der Waals surface area contributed by atoms with Crippen molar-refractivity contribution in [1.29, 1.82) is 0 Å². The molecule has 1 aromatic heterocycles. The van der Waals surface area contributed by atoms with Crippen LogP contribution in [0.15, 0.2) is 34.0 Å². The van der Waals surface area contributed by atoms with Gasteiger partial charge in [0.1, 0.15) is 11.5 Å². The minimum Gasteiger partial charge on any atom is -0.393 e. The maximum absolute atomic E-state index is 13.7. The molecule has 2 N–H and O–H groups in total. The van der Waals surface area contributed by atoms with Gasteiger partial charge >= 0.3 is 5.69 Å². The van der Waals surface area contributed by atoms with E-state index in [0.29, 0.717) is 6.54 Å². The van der Waals surface area contributed by atoms with Gasteiger partial charge in [0.2, 0.25) is 0 Å². The molecule has 1 heterocycles. The molecule has 0 amide bonds. The summed E-state index contributed by atoms with van der Waals surface area (Å²) in [6.45, 7) is 1.84. The summed E-state index contributed by atoms with van der Waals surface area (Å²) in [6.07, 6.45) is 1.28. The van der Waals surface area contributed by atoms with Crippen molar-refractivity contribution >= 4 is 17.3 Å². The molecule has 0 saturated heterocycles. The molecule has 106 valence electrons. The molecule has 0 atom stereocenters. The molecule has 0 radical (unpaired) electrons. The number of anilines is 1. The second-order valence-electron chi connectivity index (χ2n) is 4.24. The molecular formula is C13H13ClFN3O2. The molecule has 0 aliphatic carbocycles. The molecular weight excluding hydrogens is 285 g/mol. The van der Waals surface area contributed by atoms with Crippen molar-refractivity contribution in [2.24, 2.45) is 0 Å². The average Bonchev–Trinajstić information content (AvgIpc) is 2.41. The number of aryl methyl sites for hydroxylation is 1. The largest absolute Gasteiger partial charge is 0.393 e. The van der Waals surface area contributed by atoms with Gasteiger partial charge in [0, 0.05) is 23.3 Å². The SMILES string of the molecule is CCn1cc(N)c(=O)n(Cc2c(F)cccc2Cl)c1=O. The first-order valence-corrected chi connectivity index (χ1v) is 6.36. The Bertz CT molecular complexity index is 747. The standard InChI is InChI=1S/C13H13ClFN3O2/c1-2-17-7-11(16)12(19)18(13(17)20)6-8-9(14)4-3-5-10(8)15/h3-5,7H,2,6,16H2,1H3. The Balaban J connectivity index is 2.63. The predicted octanol–water partition coefficient (Wildman–Crippen LogP) is 1.45. The second-order valence-corrected chi connectivity index (χ2v) is 4.65. The fourth-order valence-electron chi connectivity index (χ4n) is 1.88. The zero-order valence-electron chi connectivity index (χ0n) is 10.8. The van der Waals surface area contributed by atoms with Crippen molar-refractivity contribution < 1.29 is 4.39 Å². The topological polar surface area (TPSA) is 70.0 Å². The van der Waals surface area contributed by atoms with E-state index in [-0.39, 0.29) is 22.8 Å². The summed E-state index contributed by atoms with van der Waals surface area (Å²) < 4.78 is 15.9. The van der Waals surface area contributed by atoms with Crippen molar-refractivity contribution in [1.82, 2.24) is 9.13 Å². The molecule has 0 bridgehead atoms. The van der Waals surface area contributed by atoms with E-state index in [1.54, 1.807) is 6.92 Å². The number of aromatic nitrogens is 2. The minimum atomic E-state index is -0.654. The zero-order chi connectivity index (χ0) is 14.9. The van der Waals surface area contributed by atoms with E-state index >= 15 is 0 Å². The van der Waals surface area contributed by atoms with Crippen LogP contribution in [0.2, 0.25) is 5.02 Å². The van der Waals surface area contributed by atoms with Crippen LogP contribution in [-0.4, -0.2) is 9.13 Å². The van der Waals surface area contributed by atoms with Gasteiger partial charge in [0.25, 0.3) is 5.56 Å². The second kappa shape index (κ2) is 5.50. The number of hydrogen-bond donors (Lipinski definition) is 1. The van der Waals surface area contributed by atoms with Crippen molar-refractivity contribution in [3.63, 3.8) is 0 Å². The Morgan fingerprint density at radius 2 is 2.05 bits per heavy atom. The Hall–Kier alpha value is -2.08. The molecule has 0 saturated carbocycles. The Morgan fingerprint density at radius 1 is 1.35 bits per heavy atom. The number of nitrogens with two attached hydrogens (primary N) is 1. The molecule has 1 aromatic carbocycles. The summed E-state index contributed by atoms with van der Waals surface area (Å²) >= 11 is 5.90. The molecule has 5 nitrogen and oxygen atoms in total. The van der Waals surface area contributed by atoms with E-state index < -0.39 is 17.1 Å². The molecule has 0 unspecified atom stereocenters. The van der Waals surface area contributed by atoms with Crippen LogP contribution in [0.25, 0.3) is 0 Å². The third-order valence-electron chi connectivity index (χ3n) is 2.98. The number of nitrogens with zero attached hydrogens (tertiary/aromatic N) is 2. The molecule has 20 heavy (non-hydrogen) atoms. The summed E-state index contributed by atoms with van der Waals surface area (Å²) in [5.41, 5.74) is 4.39. The number of rotatable bonds is 3. The molecule has 2 rings (SSSR count). The van der Waals surface area contributed by atoms with Gasteiger partial charge in [-0.05, 0) is 19.1 Å². The summed E-state index contributed by atoms with van der Waals surface area (Å²) in [5, 5.41) is 0.154. The molecule has 0 aliphatic rings. The van der Waals surface area contributed by atoms with E-state index in [2.05, 4.69) is 0 Å². The van der Waals surface area contributed by atoms with Crippen LogP contribution in [0.5, 0.6) is 0 Å². The van der Waals surface area contributed by atoms with Crippen molar-refractivity contribution in [3.05, 3.63) is 61.6 Å². The van der Waals surface area contributed by atoms with Crippen molar-refractivity contribution in [2.75, 3.05) is 5.73 Å². The van der Waals surface area contributed by atoms with E-state index in [1.165, 1.54) is 29.0 Å². The lowest BCUT2D eigenvalue weighted by atomic mass is 10.2. The maximum Gasteiger partial charge on any atom is 0.331 e. The third-order valence-corrected chi connectivity index (χ3v) is 3.34. The van der Waals surface area contributed by atoms with E-state index in [9.17, 15) is 14.0 Å². The number of halogens is 2. The lowest BCUT2D eigenvalue weighted by molar-refractivity contribution is 0.567. The van der Waals surface area contributed by atoms with Crippen molar-refractivity contribution in [2.45, 2.75) is 20.0 Å². The van der Waals surface area contributed by atoms with Gasteiger partial charge in [-0.15, -0.1) is 0 Å². The van der Waals surface area contributed by atoms with Crippen LogP contribution in [0.4, 0.5) is 10.1 Å². The first-order valence-electron chi connectivity index (χ1n) is 5.98. The monoisotopic (exact) mass is 297 g/mol. The highest BCUT2D eigenvalue weighted by Gasteiger charge is 2.13. The first kappa shape index (κ1) is 14.3. The van der Waals surface area contributed by atoms with Crippen molar-refractivity contribution in [3.8, 4) is 0 Å². The Kier molecular flexibility index (Phi) is 3.94. The Morgan fingerprint density at radius 3 is 2.65 bits per heavy atom. The lowest BCUT2D eigenvalue weighted by Crippen LogP contribution is -2.40. The predicted molar refractivity (Wildman–Crippen MR) is 75.6 cm³/mol. The maximum atomic E-state index is 13.7. The highest BCUT2D eigenvalue weighted by atomic mass is 35.5. The van der Waals surface area contributed by atoms with Gasteiger partial charge in [0.15, 0.2) is 0 Å². The highest BCUT2D eigenvalue weighted by Crippen LogP contribution is 2.19. The van der Waals surface area contributed by atoms with Gasteiger partial charge in [-0.2, -0.15) is 0 Å². The van der Waals surface area contributed by atoms with E-state index in [4.69, 9.17) is 17.3 Å². The van der Waals surface area contributed by atoms with Crippen LogP contribution in [-0.2, 0) is 13.1 Å². The Labute approximate surface area is 119 Å².